The number of nitrogens with one attached hydrogen (secondary N) is 1. The minimum absolute atomic E-state index is 0.0303. The number of hydrogen-bond acceptors (Lipinski definition) is 4. The first-order chi connectivity index (χ1) is 16.3. The molecule has 3 aromatic carbocycles. The van der Waals surface area contributed by atoms with Crippen LogP contribution in [-0.2, 0) is 20.2 Å². The van der Waals surface area contributed by atoms with E-state index in [-0.39, 0.29) is 23.0 Å². The van der Waals surface area contributed by atoms with E-state index >= 15 is 0 Å². The Morgan fingerprint density at radius 2 is 1.79 bits per heavy atom. The van der Waals surface area contributed by atoms with E-state index in [2.05, 4.69) is 5.32 Å². The minimum Gasteiger partial charge on any atom is -0.495 e. The van der Waals surface area contributed by atoms with Crippen molar-refractivity contribution in [1.29, 1.82) is 0 Å². The summed E-state index contributed by atoms with van der Waals surface area (Å²) in [7, 11) is -2.44. The number of nitrogens with zero attached hydrogens (tertiary/aromatic N) is 1. The summed E-state index contributed by atoms with van der Waals surface area (Å²) in [5.74, 6) is -0.376. The zero-order valence-electron chi connectivity index (χ0n) is 19.1. The molecule has 4 rings (SSSR count). The summed E-state index contributed by atoms with van der Waals surface area (Å²) in [6, 6.07) is 19.3. The summed E-state index contributed by atoms with van der Waals surface area (Å²) in [6.07, 6.45) is 2.01. The molecule has 0 unspecified atom stereocenters. The van der Waals surface area contributed by atoms with Crippen molar-refractivity contribution in [2.24, 2.45) is 0 Å². The number of ether oxygens (including phenoxy) is 1. The zero-order valence-corrected chi connectivity index (χ0v) is 19.9. The Labute approximate surface area is 199 Å². The fourth-order valence-corrected chi connectivity index (χ4v) is 5.86. The predicted molar refractivity (Wildman–Crippen MR) is 130 cm³/mol. The van der Waals surface area contributed by atoms with Crippen LogP contribution in [0.1, 0.15) is 31.7 Å². The van der Waals surface area contributed by atoms with Gasteiger partial charge < -0.3 is 10.1 Å². The first-order valence-electron chi connectivity index (χ1n) is 11.1. The quantitative estimate of drug-likeness (QED) is 0.484. The third kappa shape index (κ3) is 4.25. The van der Waals surface area contributed by atoms with Crippen LogP contribution in [-0.4, -0.2) is 28.0 Å². The average molecular weight is 483 g/mol. The number of rotatable bonds is 8. The third-order valence-electron chi connectivity index (χ3n) is 6.36. The molecule has 0 radical (unpaired) electrons. The van der Waals surface area contributed by atoms with Crippen LogP contribution in [0.15, 0.2) is 77.7 Å². The Bertz CT molecular complexity index is 1290. The number of para-hydroxylation sites is 1. The molecule has 34 heavy (non-hydrogen) atoms. The van der Waals surface area contributed by atoms with Gasteiger partial charge >= 0.3 is 0 Å². The normalized spacial score (nSPS) is 14.7. The van der Waals surface area contributed by atoms with E-state index in [1.165, 1.54) is 41.7 Å². The van der Waals surface area contributed by atoms with Gasteiger partial charge in [0.05, 0.1) is 28.8 Å². The van der Waals surface area contributed by atoms with Crippen LogP contribution in [0.3, 0.4) is 0 Å². The summed E-state index contributed by atoms with van der Waals surface area (Å²) in [5, 5.41) is 2.86. The van der Waals surface area contributed by atoms with Crippen molar-refractivity contribution in [3.8, 4) is 5.75 Å². The van der Waals surface area contributed by atoms with Crippen molar-refractivity contribution in [3.63, 3.8) is 0 Å². The molecule has 1 saturated carbocycles. The van der Waals surface area contributed by atoms with Gasteiger partial charge in [-0.2, -0.15) is 0 Å². The molecule has 3 aromatic rings. The summed E-state index contributed by atoms with van der Waals surface area (Å²) in [6.45, 7) is 2.00. The van der Waals surface area contributed by atoms with Crippen LogP contribution in [0.4, 0.5) is 15.8 Å². The van der Waals surface area contributed by atoms with Crippen LogP contribution < -0.4 is 14.4 Å². The maximum Gasteiger partial charge on any atom is 0.264 e. The van der Waals surface area contributed by atoms with Crippen molar-refractivity contribution in [2.75, 3.05) is 23.3 Å². The van der Waals surface area contributed by atoms with Gasteiger partial charge in [-0.25, -0.2) is 12.8 Å². The fraction of sp³-hybridized carbons (Fsp3) is 0.269. The highest BCUT2D eigenvalue weighted by Crippen LogP contribution is 2.45. The number of carbonyl (C=O) groups is 1. The summed E-state index contributed by atoms with van der Waals surface area (Å²) < 4.78 is 47.5. The van der Waals surface area contributed by atoms with E-state index in [0.29, 0.717) is 29.8 Å². The molecule has 8 heteroatoms. The Morgan fingerprint density at radius 3 is 2.38 bits per heavy atom. The average Bonchev–Trinajstić information content (AvgIpc) is 2.79. The van der Waals surface area contributed by atoms with Gasteiger partial charge in [0, 0.05) is 6.54 Å². The molecule has 0 spiro atoms. The second-order valence-electron chi connectivity index (χ2n) is 8.27. The highest BCUT2D eigenvalue weighted by atomic mass is 32.2. The highest BCUT2D eigenvalue weighted by molar-refractivity contribution is 7.92. The molecule has 0 atom stereocenters. The second-order valence-corrected chi connectivity index (χ2v) is 10.1. The lowest BCUT2D eigenvalue weighted by atomic mass is 9.63. The van der Waals surface area contributed by atoms with Crippen LogP contribution in [0.25, 0.3) is 0 Å². The van der Waals surface area contributed by atoms with Crippen molar-refractivity contribution in [2.45, 2.75) is 36.5 Å². The lowest BCUT2D eigenvalue weighted by Crippen LogP contribution is -2.46. The van der Waals surface area contributed by atoms with E-state index in [4.69, 9.17) is 4.74 Å². The smallest absolute Gasteiger partial charge is 0.264 e. The molecule has 6 nitrogen and oxygen atoms in total. The molecule has 0 saturated heterocycles. The van der Waals surface area contributed by atoms with E-state index < -0.39 is 21.3 Å². The number of hydrogen-bond donors (Lipinski definition) is 1. The van der Waals surface area contributed by atoms with E-state index in [1.54, 1.807) is 43.3 Å². The van der Waals surface area contributed by atoms with Gasteiger partial charge in [0.25, 0.3) is 10.0 Å². The summed E-state index contributed by atoms with van der Waals surface area (Å²) in [4.78, 5) is 13.5. The van der Waals surface area contributed by atoms with Crippen molar-refractivity contribution in [3.05, 3.63) is 84.2 Å². The van der Waals surface area contributed by atoms with Gasteiger partial charge in [-0.05, 0) is 67.8 Å². The second kappa shape index (κ2) is 9.46. The Morgan fingerprint density at radius 1 is 1.06 bits per heavy atom. The molecule has 1 N–H and O–H groups in total. The number of halogens is 1. The molecule has 1 aliphatic carbocycles. The molecule has 1 amide bonds. The molecule has 1 aliphatic rings. The standard InChI is InChI=1S/C26H27FN2O4S/c1-3-29(21-11-5-4-6-12-21)34(31,32)22-13-14-24(33-2)23(18-22)28-25(30)26(15-8-16-26)19-9-7-10-20(27)17-19/h4-7,9-14,17-18H,3,8,15-16H2,1-2H3,(H,28,30). The molecule has 0 aliphatic heterocycles. The van der Waals surface area contributed by atoms with Gasteiger partial charge in [0.15, 0.2) is 0 Å². The SMILES string of the molecule is CCN(c1ccccc1)S(=O)(=O)c1ccc(OC)c(NC(=O)C2(c3cccc(F)c3)CCC2)c1. The lowest BCUT2D eigenvalue weighted by molar-refractivity contribution is -0.124. The van der Waals surface area contributed by atoms with Crippen LogP contribution >= 0.6 is 0 Å². The third-order valence-corrected chi connectivity index (χ3v) is 8.26. The van der Waals surface area contributed by atoms with Gasteiger partial charge in [-0.3, -0.25) is 9.10 Å². The Kier molecular flexibility index (Phi) is 6.61. The minimum atomic E-state index is -3.90. The van der Waals surface area contributed by atoms with Gasteiger partial charge in [-0.1, -0.05) is 36.8 Å². The monoisotopic (exact) mass is 482 g/mol. The first-order valence-corrected chi connectivity index (χ1v) is 12.6. The number of anilines is 2. The van der Waals surface area contributed by atoms with Crippen molar-refractivity contribution >= 4 is 27.3 Å². The first kappa shape index (κ1) is 23.8. The van der Waals surface area contributed by atoms with E-state index in [1.807, 2.05) is 6.07 Å². The maximum absolute atomic E-state index is 13.9. The molecule has 0 aromatic heterocycles. The lowest BCUT2D eigenvalue weighted by Gasteiger charge is -2.40. The summed E-state index contributed by atoms with van der Waals surface area (Å²) >= 11 is 0. The number of methoxy groups -OCH3 is 1. The number of benzene rings is 3. The molecular formula is C26H27FN2O4S. The van der Waals surface area contributed by atoms with Gasteiger partial charge in [0.2, 0.25) is 5.91 Å². The van der Waals surface area contributed by atoms with Crippen molar-refractivity contribution < 1.29 is 22.3 Å². The largest absolute Gasteiger partial charge is 0.495 e. The topological polar surface area (TPSA) is 75.7 Å². The van der Waals surface area contributed by atoms with Crippen molar-refractivity contribution in [1.82, 2.24) is 0 Å². The predicted octanol–water partition coefficient (Wildman–Crippen LogP) is 5.11. The zero-order chi connectivity index (χ0) is 24.3. The molecule has 178 valence electrons. The fourth-order valence-electron chi connectivity index (χ4n) is 4.36. The van der Waals surface area contributed by atoms with Crippen LogP contribution in [0, 0.1) is 5.82 Å². The van der Waals surface area contributed by atoms with Gasteiger partial charge in [-0.15, -0.1) is 0 Å². The Hall–Kier alpha value is -3.39. The van der Waals surface area contributed by atoms with Crippen LogP contribution in [0.2, 0.25) is 0 Å². The number of sulfonamides is 1. The molecule has 0 heterocycles. The summed E-state index contributed by atoms with van der Waals surface area (Å²) in [5.41, 5.74) is 0.549. The molecule has 1 fully saturated rings. The number of amides is 1. The van der Waals surface area contributed by atoms with Gasteiger partial charge in [0.1, 0.15) is 11.6 Å². The van der Waals surface area contributed by atoms with E-state index in [9.17, 15) is 17.6 Å². The molecule has 0 bridgehead atoms. The Balaban J connectivity index is 1.69. The highest BCUT2D eigenvalue weighted by Gasteiger charge is 2.46. The molecular weight excluding hydrogens is 455 g/mol. The number of carbonyl (C=O) groups excluding carboxylic acids is 1. The van der Waals surface area contributed by atoms with E-state index in [0.717, 1.165) is 6.42 Å². The van der Waals surface area contributed by atoms with Crippen LogP contribution in [0.5, 0.6) is 5.75 Å². The maximum atomic E-state index is 13.9.